The van der Waals surface area contributed by atoms with Gasteiger partial charge in [-0.1, -0.05) is 13.8 Å². The largest absolute Gasteiger partial charge is 0.311 e. The Hall–Kier alpha value is -0.450. The number of nitrogens with zero attached hydrogens (tertiary/aromatic N) is 2. The average Bonchev–Trinajstić information content (AvgIpc) is 2.66. The summed E-state index contributed by atoms with van der Waals surface area (Å²) in [4.78, 5) is 7.07. The van der Waals surface area contributed by atoms with Crippen LogP contribution in [0.3, 0.4) is 0 Å². The molecule has 0 amide bonds. The Morgan fingerprint density at radius 2 is 2.44 bits per heavy atom. The molecule has 1 aliphatic heterocycles. The van der Waals surface area contributed by atoms with E-state index >= 15 is 0 Å². The lowest BCUT2D eigenvalue weighted by atomic mass is 10.1. The molecule has 2 heterocycles. The van der Waals surface area contributed by atoms with Gasteiger partial charge in [0.05, 0.1) is 10.7 Å². The van der Waals surface area contributed by atoms with E-state index in [1.54, 1.807) is 11.3 Å². The predicted octanol–water partition coefficient (Wildman–Crippen LogP) is 1.71. The van der Waals surface area contributed by atoms with Gasteiger partial charge in [0.1, 0.15) is 0 Å². The maximum absolute atomic E-state index is 4.69. The molecule has 0 aromatic carbocycles. The molecular formula is C12H21N3S. The number of thiazole rings is 1. The van der Waals surface area contributed by atoms with Crippen molar-refractivity contribution in [2.45, 2.75) is 32.2 Å². The smallest absolute Gasteiger partial charge is 0.0953 e. The summed E-state index contributed by atoms with van der Waals surface area (Å²) >= 11 is 1.79. The number of hydrogen-bond acceptors (Lipinski definition) is 4. The van der Waals surface area contributed by atoms with Gasteiger partial charge in [-0.05, 0) is 7.05 Å². The van der Waals surface area contributed by atoms with Gasteiger partial charge in [0.25, 0.3) is 0 Å². The number of piperazine rings is 1. The molecule has 90 valence electrons. The molecule has 0 saturated carbocycles. The predicted molar refractivity (Wildman–Crippen MR) is 69.2 cm³/mol. The molecule has 0 bridgehead atoms. The van der Waals surface area contributed by atoms with Crippen LogP contribution in [0.25, 0.3) is 0 Å². The first-order valence-corrected chi connectivity index (χ1v) is 6.89. The van der Waals surface area contributed by atoms with Crippen molar-refractivity contribution < 1.29 is 0 Å². The van der Waals surface area contributed by atoms with Crippen LogP contribution in [-0.4, -0.2) is 42.6 Å². The summed E-state index contributed by atoms with van der Waals surface area (Å²) in [5, 5.41) is 7.04. The van der Waals surface area contributed by atoms with Gasteiger partial charge in [0.15, 0.2) is 0 Å². The highest BCUT2D eigenvalue weighted by Gasteiger charge is 2.18. The summed E-state index contributed by atoms with van der Waals surface area (Å²) in [6, 6.07) is 0.570. The van der Waals surface area contributed by atoms with Crippen LogP contribution in [0.2, 0.25) is 0 Å². The van der Waals surface area contributed by atoms with Crippen LogP contribution < -0.4 is 5.32 Å². The number of hydrogen-bond donors (Lipinski definition) is 1. The van der Waals surface area contributed by atoms with E-state index in [-0.39, 0.29) is 0 Å². The van der Waals surface area contributed by atoms with Crippen LogP contribution in [-0.2, 0) is 6.42 Å². The fraction of sp³-hybridized carbons (Fsp3) is 0.750. The zero-order valence-corrected chi connectivity index (χ0v) is 11.2. The second-order valence-electron chi connectivity index (χ2n) is 4.95. The molecule has 16 heavy (non-hydrogen) atoms. The molecule has 1 aliphatic rings. The van der Waals surface area contributed by atoms with Crippen molar-refractivity contribution in [3.8, 4) is 0 Å². The Balaban J connectivity index is 1.92. The van der Waals surface area contributed by atoms with Crippen LogP contribution >= 0.6 is 11.3 Å². The van der Waals surface area contributed by atoms with Crippen molar-refractivity contribution in [3.63, 3.8) is 0 Å². The van der Waals surface area contributed by atoms with E-state index in [9.17, 15) is 0 Å². The SMILES string of the molecule is CC(C)c1nc(CC2CN(C)CCN2)cs1. The first kappa shape index (κ1) is 12.0. The van der Waals surface area contributed by atoms with E-state index in [0.29, 0.717) is 12.0 Å². The summed E-state index contributed by atoms with van der Waals surface area (Å²) in [5.74, 6) is 0.556. The normalized spacial score (nSPS) is 22.9. The summed E-state index contributed by atoms with van der Waals surface area (Å²) in [6.07, 6.45) is 1.06. The first-order valence-electron chi connectivity index (χ1n) is 6.01. The maximum atomic E-state index is 4.69. The molecule has 4 heteroatoms. The molecule has 1 N–H and O–H groups in total. The summed E-state index contributed by atoms with van der Waals surface area (Å²) in [6.45, 7) is 7.80. The first-order chi connectivity index (χ1) is 7.65. The van der Waals surface area contributed by atoms with Crippen LogP contribution in [0.4, 0.5) is 0 Å². The molecule has 2 rings (SSSR count). The lowest BCUT2D eigenvalue weighted by Crippen LogP contribution is -2.49. The van der Waals surface area contributed by atoms with Crippen molar-refractivity contribution >= 4 is 11.3 Å². The van der Waals surface area contributed by atoms with Crippen molar-refractivity contribution in [1.82, 2.24) is 15.2 Å². The van der Waals surface area contributed by atoms with E-state index < -0.39 is 0 Å². The van der Waals surface area contributed by atoms with Gasteiger partial charge >= 0.3 is 0 Å². The molecule has 0 spiro atoms. The number of likely N-dealkylation sites (N-methyl/N-ethyl adjacent to an activating group) is 1. The quantitative estimate of drug-likeness (QED) is 0.870. The zero-order valence-electron chi connectivity index (χ0n) is 10.4. The van der Waals surface area contributed by atoms with Gasteiger partial charge < -0.3 is 10.2 Å². The molecule has 1 saturated heterocycles. The standard InChI is InChI=1S/C12H21N3S/c1-9(2)12-14-11(8-16-12)6-10-7-15(3)5-4-13-10/h8-10,13H,4-7H2,1-3H3. The van der Waals surface area contributed by atoms with Gasteiger partial charge in [-0.2, -0.15) is 0 Å². The van der Waals surface area contributed by atoms with E-state index in [2.05, 4.69) is 41.5 Å². The van der Waals surface area contributed by atoms with E-state index in [4.69, 9.17) is 0 Å². The van der Waals surface area contributed by atoms with Gasteiger partial charge in [-0.15, -0.1) is 11.3 Å². The minimum Gasteiger partial charge on any atom is -0.311 e. The lowest BCUT2D eigenvalue weighted by Gasteiger charge is -2.30. The fourth-order valence-electron chi connectivity index (χ4n) is 2.06. The van der Waals surface area contributed by atoms with Crippen LogP contribution in [0.1, 0.15) is 30.5 Å². The van der Waals surface area contributed by atoms with E-state index in [1.807, 2.05) is 0 Å². The van der Waals surface area contributed by atoms with Crippen molar-refractivity contribution in [2.75, 3.05) is 26.7 Å². The van der Waals surface area contributed by atoms with Crippen molar-refractivity contribution in [3.05, 3.63) is 16.1 Å². The Morgan fingerprint density at radius 1 is 1.62 bits per heavy atom. The third kappa shape index (κ3) is 3.03. The van der Waals surface area contributed by atoms with Crippen LogP contribution in [0.5, 0.6) is 0 Å². The zero-order chi connectivity index (χ0) is 11.5. The molecule has 1 aromatic heterocycles. The minimum atomic E-state index is 0.556. The third-order valence-electron chi connectivity index (χ3n) is 2.98. The van der Waals surface area contributed by atoms with Gasteiger partial charge in [-0.3, -0.25) is 0 Å². The van der Waals surface area contributed by atoms with E-state index in [1.165, 1.54) is 10.7 Å². The average molecular weight is 239 g/mol. The number of nitrogens with one attached hydrogen (secondary N) is 1. The van der Waals surface area contributed by atoms with Gasteiger partial charge in [0.2, 0.25) is 0 Å². The fourth-order valence-corrected chi connectivity index (χ4v) is 2.91. The van der Waals surface area contributed by atoms with E-state index in [0.717, 1.165) is 26.1 Å². The Labute approximate surface area is 102 Å². The Morgan fingerprint density at radius 3 is 3.06 bits per heavy atom. The Kier molecular flexibility index (Phi) is 3.95. The van der Waals surface area contributed by atoms with Crippen LogP contribution in [0.15, 0.2) is 5.38 Å². The molecule has 1 aromatic rings. The number of aromatic nitrogens is 1. The lowest BCUT2D eigenvalue weighted by molar-refractivity contribution is 0.237. The maximum Gasteiger partial charge on any atom is 0.0953 e. The minimum absolute atomic E-state index is 0.556. The molecule has 1 fully saturated rings. The molecule has 0 aliphatic carbocycles. The highest BCUT2D eigenvalue weighted by molar-refractivity contribution is 7.09. The molecule has 3 nitrogen and oxygen atoms in total. The Bertz CT molecular complexity index is 335. The van der Waals surface area contributed by atoms with Crippen LogP contribution in [0, 0.1) is 0 Å². The second kappa shape index (κ2) is 5.25. The number of rotatable bonds is 3. The summed E-state index contributed by atoms with van der Waals surface area (Å²) < 4.78 is 0. The third-order valence-corrected chi connectivity index (χ3v) is 4.17. The molecule has 0 radical (unpaired) electrons. The van der Waals surface area contributed by atoms with Crippen molar-refractivity contribution in [1.29, 1.82) is 0 Å². The monoisotopic (exact) mass is 239 g/mol. The molecular weight excluding hydrogens is 218 g/mol. The van der Waals surface area contributed by atoms with Gasteiger partial charge in [0, 0.05) is 43.4 Å². The van der Waals surface area contributed by atoms with Crippen molar-refractivity contribution in [2.24, 2.45) is 0 Å². The highest BCUT2D eigenvalue weighted by Crippen LogP contribution is 2.20. The second-order valence-corrected chi connectivity index (χ2v) is 5.84. The summed E-state index contributed by atoms with van der Waals surface area (Å²) in [7, 11) is 2.19. The summed E-state index contributed by atoms with van der Waals surface area (Å²) in [5.41, 5.74) is 1.25. The van der Waals surface area contributed by atoms with Gasteiger partial charge in [-0.25, -0.2) is 4.98 Å². The molecule has 1 unspecified atom stereocenters. The molecule has 1 atom stereocenters. The topological polar surface area (TPSA) is 28.2 Å². The highest BCUT2D eigenvalue weighted by atomic mass is 32.1.